The number of aromatic nitrogens is 1. The van der Waals surface area contributed by atoms with Crippen LogP contribution in [0.4, 0.5) is 5.82 Å². The maximum Gasteiger partial charge on any atom is 0.140 e. The minimum Gasteiger partial charge on any atom is -0.367 e. The van der Waals surface area contributed by atoms with Crippen molar-refractivity contribution in [2.75, 3.05) is 5.32 Å². The van der Waals surface area contributed by atoms with Gasteiger partial charge in [0.1, 0.15) is 5.82 Å². The van der Waals surface area contributed by atoms with Gasteiger partial charge in [-0.2, -0.15) is 0 Å². The third kappa shape index (κ3) is 2.48. The Bertz CT molecular complexity index is 250. The Balaban J connectivity index is 2.69. The lowest BCUT2D eigenvalue weighted by Crippen LogP contribution is -2.14. The first-order chi connectivity index (χ1) is 5.74. The lowest BCUT2D eigenvalue weighted by atomic mass is 10.2. The first-order valence-electron chi connectivity index (χ1n) is 4.11. The molecule has 12 heavy (non-hydrogen) atoms. The number of rotatable bonds is 3. The zero-order valence-electron chi connectivity index (χ0n) is 7.34. The SMILES string of the molecule is CCC(C)Nc1ncccc1Br. The second-order valence-electron chi connectivity index (χ2n) is 2.79. The first kappa shape index (κ1) is 9.52. The molecule has 66 valence electrons. The van der Waals surface area contributed by atoms with Crippen LogP contribution in [0.25, 0.3) is 0 Å². The summed E-state index contributed by atoms with van der Waals surface area (Å²) in [6, 6.07) is 4.36. The van der Waals surface area contributed by atoms with Crippen LogP contribution in [0, 0.1) is 0 Å². The minimum atomic E-state index is 0.469. The van der Waals surface area contributed by atoms with E-state index in [1.807, 2.05) is 12.1 Å². The van der Waals surface area contributed by atoms with Crippen molar-refractivity contribution in [3.63, 3.8) is 0 Å². The normalized spacial score (nSPS) is 12.6. The zero-order valence-corrected chi connectivity index (χ0v) is 8.93. The van der Waals surface area contributed by atoms with Crippen LogP contribution in [-0.2, 0) is 0 Å². The Hall–Kier alpha value is -0.570. The third-order valence-corrected chi connectivity index (χ3v) is 2.39. The molecule has 0 aliphatic rings. The molecule has 2 nitrogen and oxygen atoms in total. The molecule has 1 unspecified atom stereocenters. The molecule has 1 heterocycles. The van der Waals surface area contributed by atoms with Crippen molar-refractivity contribution in [1.29, 1.82) is 0 Å². The van der Waals surface area contributed by atoms with Crippen LogP contribution in [0.1, 0.15) is 20.3 Å². The minimum absolute atomic E-state index is 0.469. The second-order valence-corrected chi connectivity index (χ2v) is 3.64. The molecule has 0 saturated heterocycles. The van der Waals surface area contributed by atoms with Crippen LogP contribution in [0.3, 0.4) is 0 Å². The number of hydrogen-bond acceptors (Lipinski definition) is 2. The van der Waals surface area contributed by atoms with Gasteiger partial charge in [0.2, 0.25) is 0 Å². The van der Waals surface area contributed by atoms with Gasteiger partial charge < -0.3 is 5.32 Å². The molecule has 0 bridgehead atoms. The number of anilines is 1. The van der Waals surface area contributed by atoms with Gasteiger partial charge in [0.15, 0.2) is 0 Å². The van der Waals surface area contributed by atoms with Crippen molar-refractivity contribution in [1.82, 2.24) is 4.98 Å². The highest BCUT2D eigenvalue weighted by Crippen LogP contribution is 2.19. The highest BCUT2D eigenvalue weighted by atomic mass is 79.9. The number of nitrogens with one attached hydrogen (secondary N) is 1. The van der Waals surface area contributed by atoms with E-state index in [2.05, 4.69) is 40.1 Å². The van der Waals surface area contributed by atoms with E-state index in [0.717, 1.165) is 16.7 Å². The van der Waals surface area contributed by atoms with Crippen molar-refractivity contribution in [3.8, 4) is 0 Å². The van der Waals surface area contributed by atoms with Gasteiger partial charge in [0.05, 0.1) is 4.47 Å². The summed E-state index contributed by atoms with van der Waals surface area (Å²) in [6.07, 6.45) is 2.89. The smallest absolute Gasteiger partial charge is 0.140 e. The lowest BCUT2D eigenvalue weighted by Gasteiger charge is -2.12. The van der Waals surface area contributed by atoms with Crippen LogP contribution in [0.2, 0.25) is 0 Å². The molecule has 0 fully saturated rings. The van der Waals surface area contributed by atoms with Gasteiger partial charge in [-0.3, -0.25) is 0 Å². The van der Waals surface area contributed by atoms with Crippen LogP contribution in [0.5, 0.6) is 0 Å². The molecule has 3 heteroatoms. The highest BCUT2D eigenvalue weighted by Gasteiger charge is 2.02. The van der Waals surface area contributed by atoms with E-state index in [0.29, 0.717) is 6.04 Å². The molecule has 1 N–H and O–H groups in total. The topological polar surface area (TPSA) is 24.9 Å². The fourth-order valence-corrected chi connectivity index (χ4v) is 1.20. The average Bonchev–Trinajstić information content (AvgIpc) is 2.09. The van der Waals surface area contributed by atoms with Crippen LogP contribution in [-0.4, -0.2) is 11.0 Å². The largest absolute Gasteiger partial charge is 0.367 e. The highest BCUT2D eigenvalue weighted by molar-refractivity contribution is 9.10. The van der Waals surface area contributed by atoms with Gasteiger partial charge in [-0.05, 0) is 41.4 Å². The number of nitrogens with zero attached hydrogens (tertiary/aromatic N) is 1. The number of pyridine rings is 1. The van der Waals surface area contributed by atoms with Crippen LogP contribution < -0.4 is 5.32 Å². The van der Waals surface area contributed by atoms with E-state index < -0.39 is 0 Å². The maximum atomic E-state index is 4.21. The van der Waals surface area contributed by atoms with Crippen LogP contribution >= 0.6 is 15.9 Å². The summed E-state index contributed by atoms with van der Waals surface area (Å²) in [4.78, 5) is 4.21. The summed E-state index contributed by atoms with van der Waals surface area (Å²) in [5.74, 6) is 0.923. The van der Waals surface area contributed by atoms with E-state index in [4.69, 9.17) is 0 Å². The van der Waals surface area contributed by atoms with Gasteiger partial charge in [0, 0.05) is 12.2 Å². The standard InChI is InChI=1S/C9H13BrN2/c1-3-7(2)12-9-8(10)5-4-6-11-9/h4-7H,3H2,1-2H3,(H,11,12). The van der Waals surface area contributed by atoms with E-state index in [-0.39, 0.29) is 0 Å². The van der Waals surface area contributed by atoms with E-state index in [1.54, 1.807) is 6.20 Å². The molecule has 0 amide bonds. The summed E-state index contributed by atoms with van der Waals surface area (Å²) in [6.45, 7) is 4.29. The monoisotopic (exact) mass is 228 g/mol. The molecule has 0 aromatic carbocycles. The quantitative estimate of drug-likeness (QED) is 0.861. The van der Waals surface area contributed by atoms with Crippen molar-refractivity contribution in [2.24, 2.45) is 0 Å². The predicted molar refractivity (Wildman–Crippen MR) is 55.3 cm³/mol. The molecule has 0 saturated carbocycles. The fourth-order valence-electron chi connectivity index (χ4n) is 0.827. The molecular formula is C9H13BrN2. The summed E-state index contributed by atoms with van der Waals surface area (Å²) in [7, 11) is 0. The van der Waals surface area contributed by atoms with Gasteiger partial charge >= 0.3 is 0 Å². The molecule has 0 spiro atoms. The molecule has 1 aromatic rings. The predicted octanol–water partition coefficient (Wildman–Crippen LogP) is 3.05. The summed E-state index contributed by atoms with van der Waals surface area (Å²) in [5.41, 5.74) is 0. The Morgan fingerprint density at radius 1 is 1.67 bits per heavy atom. The molecule has 0 aliphatic carbocycles. The average molecular weight is 229 g/mol. The molecule has 1 rings (SSSR count). The van der Waals surface area contributed by atoms with Crippen molar-refractivity contribution in [2.45, 2.75) is 26.3 Å². The van der Waals surface area contributed by atoms with Gasteiger partial charge in [0.25, 0.3) is 0 Å². The van der Waals surface area contributed by atoms with Crippen molar-refractivity contribution >= 4 is 21.7 Å². The van der Waals surface area contributed by atoms with Gasteiger partial charge in [-0.15, -0.1) is 0 Å². The fraction of sp³-hybridized carbons (Fsp3) is 0.444. The van der Waals surface area contributed by atoms with E-state index in [9.17, 15) is 0 Å². The lowest BCUT2D eigenvalue weighted by molar-refractivity contribution is 0.758. The summed E-state index contributed by atoms with van der Waals surface area (Å²) in [5, 5.41) is 3.30. The van der Waals surface area contributed by atoms with Gasteiger partial charge in [-0.1, -0.05) is 6.92 Å². The molecule has 1 aromatic heterocycles. The molecule has 1 atom stereocenters. The Kier molecular flexibility index (Phi) is 3.53. The summed E-state index contributed by atoms with van der Waals surface area (Å²) >= 11 is 3.43. The maximum absolute atomic E-state index is 4.21. The first-order valence-corrected chi connectivity index (χ1v) is 4.90. The molecule has 0 aliphatic heterocycles. The molecular weight excluding hydrogens is 216 g/mol. The second kappa shape index (κ2) is 4.45. The Morgan fingerprint density at radius 2 is 2.42 bits per heavy atom. The van der Waals surface area contributed by atoms with E-state index in [1.165, 1.54) is 0 Å². The number of halogens is 1. The van der Waals surface area contributed by atoms with Crippen molar-refractivity contribution < 1.29 is 0 Å². The molecule has 0 radical (unpaired) electrons. The third-order valence-electron chi connectivity index (χ3n) is 1.75. The Labute approximate surface area is 81.5 Å². The number of hydrogen-bond donors (Lipinski definition) is 1. The summed E-state index contributed by atoms with van der Waals surface area (Å²) < 4.78 is 1.02. The van der Waals surface area contributed by atoms with Crippen molar-refractivity contribution in [3.05, 3.63) is 22.8 Å². The van der Waals surface area contributed by atoms with E-state index >= 15 is 0 Å². The van der Waals surface area contributed by atoms with Crippen LogP contribution in [0.15, 0.2) is 22.8 Å². The van der Waals surface area contributed by atoms with Gasteiger partial charge in [-0.25, -0.2) is 4.98 Å². The Morgan fingerprint density at radius 3 is 3.00 bits per heavy atom. The zero-order chi connectivity index (χ0) is 8.97.